The molecule has 0 amide bonds. The first-order valence-electron chi connectivity index (χ1n) is 7.03. The first-order chi connectivity index (χ1) is 9.19. The first kappa shape index (κ1) is 13.8. The van der Waals surface area contributed by atoms with Crippen molar-refractivity contribution >= 4 is 0 Å². The molecule has 0 radical (unpaired) electrons. The predicted molar refractivity (Wildman–Crippen MR) is 80.0 cm³/mol. The normalized spacial score (nSPS) is 13.2. The van der Waals surface area contributed by atoms with E-state index in [-0.39, 0.29) is 5.92 Å². The van der Waals surface area contributed by atoms with Crippen LogP contribution in [0.3, 0.4) is 0 Å². The van der Waals surface area contributed by atoms with Crippen LogP contribution in [0.2, 0.25) is 0 Å². The molecule has 1 nitrogen and oxygen atoms in total. The van der Waals surface area contributed by atoms with Crippen LogP contribution < -0.4 is 0 Å². The molecule has 1 heteroatoms. The van der Waals surface area contributed by atoms with E-state index in [4.69, 9.17) is 0 Å². The lowest BCUT2D eigenvalue weighted by Crippen LogP contribution is -2.34. The molecule has 0 saturated carbocycles. The van der Waals surface area contributed by atoms with E-state index >= 15 is 0 Å². The fourth-order valence-corrected chi connectivity index (χ4v) is 2.76. The fourth-order valence-electron chi connectivity index (χ4n) is 2.76. The number of benzene rings is 2. The average molecular weight is 254 g/mol. The summed E-state index contributed by atoms with van der Waals surface area (Å²) in [6.45, 7) is 4.29. The maximum Gasteiger partial charge on any atom is 0.117 e. The highest BCUT2D eigenvalue weighted by molar-refractivity contribution is 5.36. The molecule has 0 spiro atoms. The largest absolute Gasteiger partial charge is 0.380 e. The lowest BCUT2D eigenvalue weighted by atomic mass is 9.75. The van der Waals surface area contributed by atoms with Crippen LogP contribution >= 0.6 is 0 Å². The van der Waals surface area contributed by atoms with Crippen molar-refractivity contribution in [3.63, 3.8) is 0 Å². The van der Waals surface area contributed by atoms with Crippen molar-refractivity contribution in [3.8, 4) is 0 Å². The van der Waals surface area contributed by atoms with Crippen LogP contribution in [0.4, 0.5) is 0 Å². The molecule has 2 rings (SSSR count). The molecule has 0 fully saturated rings. The van der Waals surface area contributed by atoms with Crippen molar-refractivity contribution in [1.82, 2.24) is 0 Å². The molecule has 2 aromatic carbocycles. The summed E-state index contributed by atoms with van der Waals surface area (Å²) in [7, 11) is 0. The Morgan fingerprint density at radius 1 is 0.895 bits per heavy atom. The lowest BCUT2D eigenvalue weighted by molar-refractivity contribution is 0.0199. The quantitative estimate of drug-likeness (QED) is 0.840. The molecule has 1 N–H and O–H groups in total. The van der Waals surface area contributed by atoms with E-state index in [0.717, 1.165) is 24.0 Å². The molecule has 0 saturated heterocycles. The minimum Gasteiger partial charge on any atom is -0.380 e. The molecule has 100 valence electrons. The van der Waals surface area contributed by atoms with Gasteiger partial charge in [-0.3, -0.25) is 0 Å². The first-order valence-corrected chi connectivity index (χ1v) is 7.03. The Kier molecular flexibility index (Phi) is 4.39. The average Bonchev–Trinajstić information content (AvgIpc) is 2.48. The minimum absolute atomic E-state index is 0.183. The van der Waals surface area contributed by atoms with Gasteiger partial charge in [0.2, 0.25) is 0 Å². The van der Waals surface area contributed by atoms with E-state index in [1.165, 1.54) is 0 Å². The van der Waals surface area contributed by atoms with Crippen molar-refractivity contribution in [3.05, 3.63) is 71.8 Å². The molecule has 0 heterocycles. The molecule has 1 atom stereocenters. The summed E-state index contributed by atoms with van der Waals surface area (Å²) < 4.78 is 0. The van der Waals surface area contributed by atoms with Crippen molar-refractivity contribution in [2.45, 2.75) is 32.3 Å². The number of hydrogen-bond acceptors (Lipinski definition) is 1. The zero-order chi connectivity index (χ0) is 13.7. The van der Waals surface area contributed by atoms with Crippen LogP contribution in [0.5, 0.6) is 0 Å². The van der Waals surface area contributed by atoms with Crippen LogP contribution in [-0.4, -0.2) is 5.11 Å². The van der Waals surface area contributed by atoms with Gasteiger partial charge in [-0.15, -0.1) is 0 Å². The Balaban J connectivity index is 2.51. The summed E-state index contributed by atoms with van der Waals surface area (Å²) in [6.07, 6.45) is 2.07. The summed E-state index contributed by atoms with van der Waals surface area (Å²) in [5, 5.41) is 11.4. The van der Waals surface area contributed by atoms with Crippen LogP contribution in [0.1, 0.15) is 37.8 Å². The smallest absolute Gasteiger partial charge is 0.117 e. The van der Waals surface area contributed by atoms with Crippen LogP contribution in [-0.2, 0) is 5.60 Å². The van der Waals surface area contributed by atoms with Crippen LogP contribution in [0, 0.1) is 5.92 Å². The van der Waals surface area contributed by atoms with Crippen molar-refractivity contribution in [2.75, 3.05) is 0 Å². The van der Waals surface area contributed by atoms with Crippen molar-refractivity contribution in [2.24, 2.45) is 5.92 Å². The number of aliphatic hydroxyl groups is 1. The van der Waals surface area contributed by atoms with Gasteiger partial charge in [-0.1, -0.05) is 80.9 Å². The highest BCUT2D eigenvalue weighted by Gasteiger charge is 2.36. The maximum atomic E-state index is 11.4. The number of hydrogen-bond donors (Lipinski definition) is 1. The molecule has 0 aliphatic rings. The zero-order valence-corrected chi connectivity index (χ0v) is 11.7. The second kappa shape index (κ2) is 6.03. The van der Waals surface area contributed by atoms with E-state index in [0.29, 0.717) is 0 Å². The van der Waals surface area contributed by atoms with Crippen molar-refractivity contribution < 1.29 is 5.11 Å². The predicted octanol–water partition coefficient (Wildman–Crippen LogP) is 4.36. The molecule has 0 aliphatic carbocycles. The van der Waals surface area contributed by atoms with Gasteiger partial charge in [0.25, 0.3) is 0 Å². The van der Waals surface area contributed by atoms with Gasteiger partial charge in [-0.25, -0.2) is 0 Å². The van der Waals surface area contributed by atoms with Gasteiger partial charge >= 0.3 is 0 Å². The zero-order valence-electron chi connectivity index (χ0n) is 11.7. The fraction of sp³-hybridized carbons (Fsp3) is 0.333. The maximum absolute atomic E-state index is 11.4. The van der Waals surface area contributed by atoms with Gasteiger partial charge in [-0.05, 0) is 23.5 Å². The minimum atomic E-state index is -0.904. The van der Waals surface area contributed by atoms with E-state index in [9.17, 15) is 5.11 Å². The summed E-state index contributed by atoms with van der Waals surface area (Å²) in [4.78, 5) is 0. The van der Waals surface area contributed by atoms with Gasteiger partial charge < -0.3 is 5.11 Å². The second-order valence-electron chi connectivity index (χ2n) is 5.19. The topological polar surface area (TPSA) is 20.2 Å². The molecule has 0 unspecified atom stereocenters. The van der Waals surface area contributed by atoms with E-state index in [1.807, 2.05) is 60.7 Å². The molecule has 0 aromatic heterocycles. The van der Waals surface area contributed by atoms with E-state index in [1.54, 1.807) is 0 Å². The summed E-state index contributed by atoms with van der Waals surface area (Å²) >= 11 is 0. The molecule has 0 aliphatic heterocycles. The van der Waals surface area contributed by atoms with E-state index in [2.05, 4.69) is 13.8 Å². The Morgan fingerprint density at radius 3 is 1.68 bits per heavy atom. The Morgan fingerprint density at radius 2 is 1.32 bits per heavy atom. The Labute approximate surface area is 115 Å². The summed E-state index contributed by atoms with van der Waals surface area (Å²) in [5.74, 6) is 0.183. The third-order valence-electron chi connectivity index (χ3n) is 3.86. The van der Waals surface area contributed by atoms with E-state index < -0.39 is 5.60 Å². The highest BCUT2D eigenvalue weighted by Crippen LogP contribution is 2.38. The summed E-state index contributed by atoms with van der Waals surface area (Å²) in [5.41, 5.74) is 1.04. The molecular weight excluding hydrogens is 232 g/mol. The van der Waals surface area contributed by atoms with Gasteiger partial charge in [-0.2, -0.15) is 0 Å². The molecular formula is C18H22O. The Hall–Kier alpha value is -1.60. The molecule has 0 bridgehead atoms. The second-order valence-corrected chi connectivity index (χ2v) is 5.19. The van der Waals surface area contributed by atoms with Gasteiger partial charge in [0, 0.05) is 0 Å². The SMILES string of the molecule is CCC[C@@H](C)C(O)(c1ccccc1)c1ccccc1. The van der Waals surface area contributed by atoms with Gasteiger partial charge in [0.1, 0.15) is 5.60 Å². The lowest BCUT2D eigenvalue weighted by Gasteiger charge is -2.35. The summed E-state index contributed by atoms with van der Waals surface area (Å²) in [6, 6.07) is 20.0. The van der Waals surface area contributed by atoms with Gasteiger partial charge in [0.05, 0.1) is 0 Å². The third-order valence-corrected chi connectivity index (χ3v) is 3.86. The monoisotopic (exact) mass is 254 g/mol. The van der Waals surface area contributed by atoms with Crippen molar-refractivity contribution in [1.29, 1.82) is 0 Å². The highest BCUT2D eigenvalue weighted by atomic mass is 16.3. The molecule has 19 heavy (non-hydrogen) atoms. The molecule has 2 aromatic rings. The Bertz CT molecular complexity index is 450. The third kappa shape index (κ3) is 2.71. The number of rotatable bonds is 5. The van der Waals surface area contributed by atoms with Crippen LogP contribution in [0.25, 0.3) is 0 Å². The van der Waals surface area contributed by atoms with Gasteiger partial charge in [0.15, 0.2) is 0 Å². The van der Waals surface area contributed by atoms with Crippen LogP contribution in [0.15, 0.2) is 60.7 Å². The standard InChI is InChI=1S/C18H22O/c1-3-10-15(2)18(19,16-11-6-4-7-12-16)17-13-8-5-9-14-17/h4-9,11-15,19H,3,10H2,1-2H3/t15-/m1/s1.